The van der Waals surface area contributed by atoms with Crippen molar-refractivity contribution in [2.75, 3.05) is 5.32 Å². The number of hydrogen-bond donors (Lipinski definition) is 2. The molecule has 3 rings (SSSR count). The lowest BCUT2D eigenvalue weighted by molar-refractivity contribution is -0.143. The van der Waals surface area contributed by atoms with Crippen molar-refractivity contribution in [1.82, 2.24) is 15.1 Å². The van der Waals surface area contributed by atoms with Crippen LogP contribution in [0.2, 0.25) is 0 Å². The Hall–Kier alpha value is -3.83. The number of rotatable bonds is 6. The molecule has 0 spiro atoms. The quantitative estimate of drug-likeness (QED) is 0.457. The maximum Gasteiger partial charge on any atom is 0.434 e. The smallest absolute Gasteiger partial charge is 0.354 e. The molecule has 0 aliphatic carbocycles. The number of nitrogens with zero attached hydrogens (tertiary/aromatic N) is 2. The van der Waals surface area contributed by atoms with Crippen LogP contribution in [0.15, 0.2) is 54.7 Å². The Balaban J connectivity index is 1.86. The van der Waals surface area contributed by atoms with E-state index in [0.29, 0.717) is 23.9 Å². The van der Waals surface area contributed by atoms with Crippen molar-refractivity contribution >= 4 is 17.5 Å². The molecule has 2 aromatic carbocycles. The first-order valence-electron chi connectivity index (χ1n) is 10.3. The number of carbonyl (C=O) groups excluding carboxylic acids is 2. The lowest BCUT2D eigenvalue weighted by Gasteiger charge is -2.14. The van der Waals surface area contributed by atoms with Crippen molar-refractivity contribution in [3.8, 4) is 5.69 Å². The Morgan fingerprint density at radius 2 is 1.63 bits per heavy atom. The number of benzene rings is 2. The van der Waals surface area contributed by atoms with Gasteiger partial charge in [0.25, 0.3) is 5.91 Å². The summed E-state index contributed by atoms with van der Waals surface area (Å²) < 4.78 is 80.8. The van der Waals surface area contributed by atoms with E-state index in [1.165, 1.54) is 24.3 Å². The lowest BCUT2D eigenvalue weighted by Crippen LogP contribution is -2.31. The molecule has 0 unspecified atom stereocenters. The fourth-order valence-electron chi connectivity index (χ4n) is 3.26. The number of amides is 2. The molecule has 0 saturated heterocycles. The first-order valence-corrected chi connectivity index (χ1v) is 10.3. The van der Waals surface area contributed by atoms with Crippen molar-refractivity contribution in [3.63, 3.8) is 0 Å². The summed E-state index contributed by atoms with van der Waals surface area (Å²) in [6, 6.07) is 9.05. The number of halogens is 6. The summed E-state index contributed by atoms with van der Waals surface area (Å²) in [6.45, 7) is 3.61. The molecule has 0 aliphatic rings. The van der Waals surface area contributed by atoms with Gasteiger partial charge in [0.1, 0.15) is 0 Å². The summed E-state index contributed by atoms with van der Waals surface area (Å²) in [6.07, 6.45) is -9.15. The average molecular weight is 498 g/mol. The molecule has 186 valence electrons. The molecule has 2 amide bonds. The molecule has 0 atom stereocenters. The molecule has 12 heteroatoms. The Morgan fingerprint density at radius 3 is 2.20 bits per heavy atom. The maximum absolute atomic E-state index is 13.8. The summed E-state index contributed by atoms with van der Waals surface area (Å²) in [5, 5.41) is 8.56. The van der Waals surface area contributed by atoms with Gasteiger partial charge in [-0.1, -0.05) is 18.2 Å². The molecule has 0 fully saturated rings. The van der Waals surface area contributed by atoms with Crippen LogP contribution < -0.4 is 10.6 Å². The molecule has 0 aliphatic heterocycles. The number of aromatic nitrogens is 2. The number of hydrogen-bond acceptors (Lipinski definition) is 3. The highest BCUT2D eigenvalue weighted by molar-refractivity contribution is 6.05. The zero-order valence-corrected chi connectivity index (χ0v) is 18.5. The first-order chi connectivity index (χ1) is 16.3. The summed E-state index contributed by atoms with van der Waals surface area (Å²) in [7, 11) is 0. The molecule has 0 radical (unpaired) electrons. The monoisotopic (exact) mass is 498 g/mol. The summed E-state index contributed by atoms with van der Waals surface area (Å²) in [5.74, 6) is -1.37. The van der Waals surface area contributed by atoms with E-state index in [1.807, 2.05) is 0 Å². The van der Waals surface area contributed by atoms with Crippen molar-refractivity contribution in [2.45, 2.75) is 38.7 Å². The van der Waals surface area contributed by atoms with E-state index in [-0.39, 0.29) is 28.7 Å². The van der Waals surface area contributed by atoms with Gasteiger partial charge in [-0.15, -0.1) is 0 Å². The van der Waals surface area contributed by atoms with Crippen molar-refractivity contribution in [3.05, 3.63) is 77.1 Å². The lowest BCUT2D eigenvalue weighted by atomic mass is 10.1. The third-order valence-corrected chi connectivity index (χ3v) is 4.73. The molecule has 35 heavy (non-hydrogen) atoms. The van der Waals surface area contributed by atoms with Crippen LogP contribution >= 0.6 is 0 Å². The summed E-state index contributed by atoms with van der Waals surface area (Å²) in [5.41, 5.74) is -3.27. The number of alkyl halides is 6. The molecular formula is C23H20F6N4O2. The van der Waals surface area contributed by atoms with Crippen molar-refractivity contribution in [2.24, 2.45) is 0 Å². The maximum atomic E-state index is 13.8. The van der Waals surface area contributed by atoms with E-state index >= 15 is 0 Å². The predicted octanol–water partition coefficient (Wildman–Crippen LogP) is 5.23. The minimum absolute atomic E-state index is 0.0410. The Labute approximate surface area is 195 Å². The molecule has 3 aromatic rings. The van der Waals surface area contributed by atoms with E-state index in [0.717, 1.165) is 12.1 Å². The van der Waals surface area contributed by atoms with Crippen LogP contribution in [0.3, 0.4) is 0 Å². The fraction of sp³-hybridized carbons (Fsp3) is 0.261. The highest BCUT2D eigenvalue weighted by Crippen LogP contribution is 2.35. The largest absolute Gasteiger partial charge is 0.434 e. The Bertz CT molecular complexity index is 1210. The molecule has 1 aromatic heterocycles. The van der Waals surface area contributed by atoms with Gasteiger partial charge in [0.05, 0.1) is 29.4 Å². The van der Waals surface area contributed by atoms with Crippen LogP contribution in [0.5, 0.6) is 0 Å². The van der Waals surface area contributed by atoms with Crippen LogP contribution in [0.1, 0.15) is 41.0 Å². The van der Waals surface area contributed by atoms with Gasteiger partial charge in [-0.05, 0) is 49.7 Å². The van der Waals surface area contributed by atoms with Gasteiger partial charge in [-0.25, -0.2) is 4.68 Å². The minimum atomic E-state index is -5.09. The number of carbonyl (C=O) groups is 2. The molecule has 6 nitrogen and oxygen atoms in total. The van der Waals surface area contributed by atoms with Gasteiger partial charge in [0.15, 0.2) is 5.69 Å². The molecule has 0 saturated carbocycles. The predicted molar refractivity (Wildman–Crippen MR) is 115 cm³/mol. The number of nitrogens with one attached hydrogen (secondary N) is 2. The second-order valence-corrected chi connectivity index (χ2v) is 7.91. The topological polar surface area (TPSA) is 76.0 Å². The first kappa shape index (κ1) is 25.8. The number of anilines is 1. The van der Waals surface area contributed by atoms with Gasteiger partial charge < -0.3 is 10.6 Å². The summed E-state index contributed by atoms with van der Waals surface area (Å²) >= 11 is 0. The van der Waals surface area contributed by atoms with Gasteiger partial charge in [-0.2, -0.15) is 31.4 Å². The second-order valence-electron chi connectivity index (χ2n) is 7.91. The normalized spacial score (nSPS) is 12.0. The van der Waals surface area contributed by atoms with Crippen LogP contribution in [-0.2, 0) is 23.6 Å². The van der Waals surface area contributed by atoms with Crippen LogP contribution in [0.4, 0.5) is 32.0 Å². The molecule has 2 N–H and O–H groups in total. The van der Waals surface area contributed by atoms with E-state index < -0.39 is 40.8 Å². The Kier molecular flexibility index (Phi) is 7.22. The van der Waals surface area contributed by atoms with E-state index in [4.69, 9.17) is 0 Å². The third kappa shape index (κ3) is 6.40. The highest BCUT2D eigenvalue weighted by atomic mass is 19.4. The van der Waals surface area contributed by atoms with Gasteiger partial charge >= 0.3 is 12.4 Å². The fourth-order valence-corrected chi connectivity index (χ4v) is 3.26. The molecule has 1 heterocycles. The van der Waals surface area contributed by atoms with E-state index in [2.05, 4.69) is 15.7 Å². The van der Waals surface area contributed by atoms with E-state index in [1.54, 1.807) is 13.8 Å². The SMILES string of the molecule is CC(C)NC(=O)Cc1ccc(NC(=O)c2cnn(-c3cccc(C(F)(F)F)c3)c2C(F)(F)F)cc1. The van der Waals surface area contributed by atoms with Crippen LogP contribution in [0, 0.1) is 0 Å². The molecule has 0 bridgehead atoms. The van der Waals surface area contributed by atoms with Crippen LogP contribution in [-0.4, -0.2) is 27.6 Å². The van der Waals surface area contributed by atoms with Gasteiger partial charge in [-0.3, -0.25) is 9.59 Å². The zero-order chi connectivity index (χ0) is 26.0. The van der Waals surface area contributed by atoms with E-state index in [9.17, 15) is 35.9 Å². The third-order valence-electron chi connectivity index (χ3n) is 4.73. The van der Waals surface area contributed by atoms with Crippen molar-refractivity contribution in [1.29, 1.82) is 0 Å². The molecular weight excluding hydrogens is 478 g/mol. The second kappa shape index (κ2) is 9.80. The minimum Gasteiger partial charge on any atom is -0.354 e. The standard InChI is InChI=1S/C23H20F6N4O2/c1-13(2)31-19(34)10-14-6-8-16(9-7-14)32-21(35)18-12-30-33(20(18)23(27,28)29)17-5-3-4-15(11-17)22(24,25)26/h3-9,11-13H,10H2,1-2H3,(H,31,34)(H,32,35). The summed E-state index contributed by atoms with van der Waals surface area (Å²) in [4.78, 5) is 24.5. The average Bonchev–Trinajstić information content (AvgIpc) is 3.20. The van der Waals surface area contributed by atoms with Crippen molar-refractivity contribution < 1.29 is 35.9 Å². The zero-order valence-electron chi connectivity index (χ0n) is 18.5. The van der Waals surface area contributed by atoms with Gasteiger partial charge in [0.2, 0.25) is 5.91 Å². The Morgan fingerprint density at radius 1 is 0.971 bits per heavy atom. The van der Waals surface area contributed by atoms with Gasteiger partial charge in [0, 0.05) is 11.7 Å². The van der Waals surface area contributed by atoms with Crippen LogP contribution in [0.25, 0.3) is 5.69 Å². The highest BCUT2D eigenvalue weighted by Gasteiger charge is 2.41.